The van der Waals surface area contributed by atoms with Gasteiger partial charge in [0, 0.05) is 23.7 Å². The molecule has 3 aromatic carbocycles. The maximum absolute atomic E-state index is 6.65. The van der Waals surface area contributed by atoms with Crippen LogP contribution in [0.3, 0.4) is 0 Å². The van der Waals surface area contributed by atoms with Crippen molar-refractivity contribution in [2.24, 2.45) is 0 Å². The van der Waals surface area contributed by atoms with E-state index in [-0.39, 0.29) is 6.04 Å². The van der Waals surface area contributed by atoms with Gasteiger partial charge in [-0.15, -0.1) is 0 Å². The number of nitrogens with one attached hydrogen (secondary N) is 1. The number of nitrogens with zero attached hydrogens (tertiary/aromatic N) is 1. The van der Waals surface area contributed by atoms with Crippen LogP contribution in [-0.2, 0) is 12.8 Å². The molecule has 1 saturated heterocycles. The quantitative estimate of drug-likeness (QED) is 0.419. The van der Waals surface area contributed by atoms with Crippen molar-refractivity contribution in [3.63, 3.8) is 0 Å². The lowest BCUT2D eigenvalue weighted by atomic mass is 9.89. The van der Waals surface area contributed by atoms with Crippen LogP contribution in [0.4, 0.5) is 5.69 Å². The molecule has 0 amide bonds. The van der Waals surface area contributed by atoms with Crippen LogP contribution in [0.15, 0.2) is 66.7 Å². The van der Waals surface area contributed by atoms with Gasteiger partial charge in [0.1, 0.15) is 0 Å². The Hall–Kier alpha value is -2.00. The standard InChI is InChI=1S/C28H30Cl2N2/c1-2-19-7-9-21(10-8-19)28-18-23(31-26-13-11-20-5-3-4-6-24(20)26)15-16-32(28)27-14-12-22(29)17-25(27)30/h3-10,12,14,17,23,26,28,31H,2,11,13,15-16,18H2,1H3. The Morgan fingerprint density at radius 2 is 1.78 bits per heavy atom. The van der Waals surface area contributed by atoms with Crippen LogP contribution < -0.4 is 10.2 Å². The molecule has 3 unspecified atom stereocenters. The zero-order valence-electron chi connectivity index (χ0n) is 18.5. The van der Waals surface area contributed by atoms with Gasteiger partial charge in [0.05, 0.1) is 16.8 Å². The summed E-state index contributed by atoms with van der Waals surface area (Å²) < 4.78 is 0. The fourth-order valence-electron chi connectivity index (χ4n) is 5.43. The Morgan fingerprint density at radius 1 is 0.969 bits per heavy atom. The normalized spacial score (nSPS) is 22.7. The van der Waals surface area contributed by atoms with Gasteiger partial charge in [-0.2, -0.15) is 0 Å². The molecule has 3 aromatic rings. The van der Waals surface area contributed by atoms with Crippen molar-refractivity contribution < 1.29 is 0 Å². The molecule has 4 heteroatoms. The van der Waals surface area contributed by atoms with E-state index in [4.69, 9.17) is 23.2 Å². The van der Waals surface area contributed by atoms with Crippen molar-refractivity contribution in [3.05, 3.63) is 99.0 Å². The first-order valence-electron chi connectivity index (χ1n) is 11.8. The van der Waals surface area contributed by atoms with E-state index in [1.165, 1.54) is 35.1 Å². The third-order valence-corrected chi connectivity index (χ3v) is 7.70. The molecule has 2 nitrogen and oxygen atoms in total. The SMILES string of the molecule is CCc1ccc(C2CC(NC3CCc4ccccc43)CCN2c2ccc(Cl)cc2Cl)cc1. The summed E-state index contributed by atoms with van der Waals surface area (Å²) in [4.78, 5) is 2.47. The van der Waals surface area contributed by atoms with E-state index in [0.29, 0.717) is 17.1 Å². The number of aryl methyl sites for hydroxylation is 2. The van der Waals surface area contributed by atoms with Crippen LogP contribution in [-0.4, -0.2) is 12.6 Å². The molecule has 0 saturated carbocycles. The first-order valence-corrected chi connectivity index (χ1v) is 12.5. The fourth-order valence-corrected chi connectivity index (χ4v) is 5.94. The fraction of sp³-hybridized carbons (Fsp3) is 0.357. The molecule has 1 aliphatic heterocycles. The molecule has 1 heterocycles. The summed E-state index contributed by atoms with van der Waals surface area (Å²) in [5, 5.41) is 5.42. The van der Waals surface area contributed by atoms with Gasteiger partial charge in [-0.3, -0.25) is 0 Å². The zero-order chi connectivity index (χ0) is 22.1. The average molecular weight is 465 g/mol. The van der Waals surface area contributed by atoms with E-state index in [1.54, 1.807) is 0 Å². The van der Waals surface area contributed by atoms with Crippen molar-refractivity contribution in [1.82, 2.24) is 5.32 Å². The highest BCUT2D eigenvalue weighted by atomic mass is 35.5. The van der Waals surface area contributed by atoms with Gasteiger partial charge < -0.3 is 10.2 Å². The summed E-state index contributed by atoms with van der Waals surface area (Å²) in [6.07, 6.45) is 5.58. The van der Waals surface area contributed by atoms with Crippen molar-refractivity contribution in [2.45, 2.75) is 57.2 Å². The Labute approximate surface area is 201 Å². The number of benzene rings is 3. The van der Waals surface area contributed by atoms with Crippen molar-refractivity contribution in [1.29, 1.82) is 0 Å². The van der Waals surface area contributed by atoms with E-state index >= 15 is 0 Å². The smallest absolute Gasteiger partial charge is 0.0654 e. The van der Waals surface area contributed by atoms with Crippen LogP contribution in [0.25, 0.3) is 0 Å². The Balaban J connectivity index is 1.41. The molecule has 166 valence electrons. The second-order valence-corrected chi connectivity index (χ2v) is 9.92. The molecule has 0 spiro atoms. The number of anilines is 1. The second-order valence-electron chi connectivity index (χ2n) is 9.08. The lowest BCUT2D eigenvalue weighted by molar-refractivity contribution is 0.328. The van der Waals surface area contributed by atoms with Crippen molar-refractivity contribution in [2.75, 3.05) is 11.4 Å². The number of halogens is 2. The van der Waals surface area contributed by atoms with Crippen LogP contribution in [0.2, 0.25) is 10.0 Å². The van der Waals surface area contributed by atoms with E-state index in [0.717, 1.165) is 36.5 Å². The maximum Gasteiger partial charge on any atom is 0.0654 e. The molecule has 32 heavy (non-hydrogen) atoms. The first-order chi connectivity index (χ1) is 15.6. The van der Waals surface area contributed by atoms with Crippen molar-refractivity contribution in [3.8, 4) is 0 Å². The molecular formula is C28H30Cl2N2. The number of hydrogen-bond donors (Lipinski definition) is 1. The summed E-state index contributed by atoms with van der Waals surface area (Å²) in [6, 6.07) is 25.1. The minimum atomic E-state index is 0.280. The van der Waals surface area contributed by atoms with Crippen LogP contribution in [0, 0.1) is 0 Å². The predicted octanol–water partition coefficient (Wildman–Crippen LogP) is 7.54. The van der Waals surface area contributed by atoms with Gasteiger partial charge in [-0.1, -0.05) is 78.7 Å². The van der Waals surface area contributed by atoms with Crippen molar-refractivity contribution >= 4 is 28.9 Å². The largest absolute Gasteiger partial charge is 0.363 e. The lowest BCUT2D eigenvalue weighted by Gasteiger charge is -2.43. The Kier molecular flexibility index (Phi) is 6.46. The van der Waals surface area contributed by atoms with Gasteiger partial charge in [0.2, 0.25) is 0 Å². The average Bonchev–Trinajstić information content (AvgIpc) is 3.22. The Bertz CT molecular complexity index is 1080. The van der Waals surface area contributed by atoms with E-state index < -0.39 is 0 Å². The minimum absolute atomic E-state index is 0.280. The summed E-state index contributed by atoms with van der Waals surface area (Å²) in [5.41, 5.74) is 6.79. The van der Waals surface area contributed by atoms with Gasteiger partial charge >= 0.3 is 0 Å². The number of hydrogen-bond acceptors (Lipinski definition) is 2. The van der Waals surface area contributed by atoms with E-state index in [9.17, 15) is 0 Å². The molecule has 1 fully saturated rings. The third-order valence-electron chi connectivity index (χ3n) is 7.16. The highest BCUT2D eigenvalue weighted by Gasteiger charge is 2.33. The summed E-state index contributed by atoms with van der Waals surface area (Å²) in [5.74, 6) is 0. The number of rotatable bonds is 5. The van der Waals surface area contributed by atoms with Gasteiger partial charge in [-0.25, -0.2) is 0 Å². The molecular weight excluding hydrogens is 435 g/mol. The highest BCUT2D eigenvalue weighted by molar-refractivity contribution is 6.36. The van der Waals surface area contributed by atoms with Gasteiger partial charge in [0.25, 0.3) is 0 Å². The summed E-state index contributed by atoms with van der Waals surface area (Å²) in [6.45, 7) is 3.17. The molecule has 0 radical (unpaired) electrons. The first kappa shape index (κ1) is 21.8. The van der Waals surface area contributed by atoms with E-state index in [2.05, 4.69) is 71.7 Å². The molecule has 2 aliphatic rings. The topological polar surface area (TPSA) is 15.3 Å². The maximum atomic E-state index is 6.65. The minimum Gasteiger partial charge on any atom is -0.363 e. The second kappa shape index (κ2) is 9.47. The zero-order valence-corrected chi connectivity index (χ0v) is 20.0. The molecule has 5 rings (SSSR count). The number of piperidine rings is 1. The van der Waals surface area contributed by atoms with Gasteiger partial charge in [-0.05, 0) is 72.6 Å². The van der Waals surface area contributed by atoms with Crippen LogP contribution in [0.5, 0.6) is 0 Å². The molecule has 3 atom stereocenters. The number of fused-ring (bicyclic) bond motifs is 1. The Morgan fingerprint density at radius 3 is 2.56 bits per heavy atom. The summed E-state index contributed by atoms with van der Waals surface area (Å²) in [7, 11) is 0. The van der Waals surface area contributed by atoms with Crippen LogP contribution in [0.1, 0.15) is 60.5 Å². The molecule has 0 bridgehead atoms. The van der Waals surface area contributed by atoms with Gasteiger partial charge in [0.15, 0.2) is 0 Å². The molecule has 0 aromatic heterocycles. The highest BCUT2D eigenvalue weighted by Crippen LogP contribution is 2.41. The van der Waals surface area contributed by atoms with Crippen LogP contribution >= 0.6 is 23.2 Å². The molecule has 1 aliphatic carbocycles. The van der Waals surface area contributed by atoms with E-state index in [1.807, 2.05) is 12.1 Å². The molecule has 1 N–H and O–H groups in total. The predicted molar refractivity (Wildman–Crippen MR) is 136 cm³/mol. The third kappa shape index (κ3) is 4.41. The lowest BCUT2D eigenvalue weighted by Crippen LogP contribution is -2.45. The summed E-state index contributed by atoms with van der Waals surface area (Å²) >= 11 is 12.8. The monoisotopic (exact) mass is 464 g/mol.